The fraction of sp³-hybridized carbons (Fsp3) is 0.538. The van der Waals surface area contributed by atoms with Crippen LogP contribution in [0.15, 0.2) is 42.1 Å². The van der Waals surface area contributed by atoms with E-state index in [9.17, 15) is 4.79 Å². The normalized spacial score (nSPS) is 41.8. The van der Waals surface area contributed by atoms with Gasteiger partial charge in [0.2, 0.25) is 0 Å². The highest BCUT2D eigenvalue weighted by Crippen LogP contribution is 2.69. The SMILES string of the molecule is CC12CCC3C=C4CCC(=O)C[C@]45CC[C@]3(O5)[C@@H]1CC=C2c1ccc2cn[nH]c2c1. The molecule has 4 heteroatoms. The van der Waals surface area contributed by atoms with Crippen molar-refractivity contribution >= 4 is 22.3 Å². The fourth-order valence-electron chi connectivity index (χ4n) is 7.92. The van der Waals surface area contributed by atoms with E-state index in [2.05, 4.69) is 47.5 Å². The van der Waals surface area contributed by atoms with Crippen LogP contribution in [-0.4, -0.2) is 27.2 Å². The van der Waals surface area contributed by atoms with Gasteiger partial charge in [0, 0.05) is 30.1 Å². The molecule has 2 saturated carbocycles. The zero-order valence-corrected chi connectivity index (χ0v) is 17.5. The van der Waals surface area contributed by atoms with Crippen LogP contribution in [0, 0.1) is 17.3 Å². The molecule has 1 saturated heterocycles. The van der Waals surface area contributed by atoms with Crippen molar-refractivity contribution in [2.24, 2.45) is 17.3 Å². The van der Waals surface area contributed by atoms with Crippen LogP contribution in [0.25, 0.3) is 16.5 Å². The van der Waals surface area contributed by atoms with Gasteiger partial charge in [0.15, 0.2) is 0 Å². The van der Waals surface area contributed by atoms with Crippen LogP contribution in [0.1, 0.15) is 63.9 Å². The molecular formula is C26H28N2O2. The second-order valence-electron chi connectivity index (χ2n) is 10.6. The molecule has 3 fully saturated rings. The number of allylic oxidation sites excluding steroid dienone is 2. The molecule has 1 N–H and O–H groups in total. The third kappa shape index (κ3) is 2.01. The van der Waals surface area contributed by atoms with E-state index in [0.717, 1.165) is 36.6 Å². The molecule has 4 nitrogen and oxygen atoms in total. The van der Waals surface area contributed by atoms with Crippen molar-refractivity contribution in [1.29, 1.82) is 0 Å². The first-order valence-corrected chi connectivity index (χ1v) is 11.6. The number of hydrogen-bond acceptors (Lipinski definition) is 3. The van der Waals surface area contributed by atoms with Gasteiger partial charge in [-0.25, -0.2) is 0 Å². The minimum Gasteiger partial charge on any atom is -0.363 e. The maximum absolute atomic E-state index is 12.3. The van der Waals surface area contributed by atoms with Crippen LogP contribution in [0.3, 0.4) is 0 Å². The summed E-state index contributed by atoms with van der Waals surface area (Å²) in [5.74, 6) is 1.39. The molecule has 5 atom stereocenters. The highest BCUT2D eigenvalue weighted by Gasteiger charge is 2.67. The van der Waals surface area contributed by atoms with E-state index in [0.29, 0.717) is 30.5 Å². The number of fused-ring (bicyclic) bond motifs is 2. The topological polar surface area (TPSA) is 55.0 Å². The summed E-state index contributed by atoms with van der Waals surface area (Å²) in [6.45, 7) is 2.47. The number of aromatic nitrogens is 2. The number of ketones is 1. The molecule has 2 unspecified atom stereocenters. The lowest BCUT2D eigenvalue weighted by molar-refractivity contribution is -0.187. The minimum absolute atomic E-state index is 0.0928. The number of Topliss-reactive ketones (excluding diaryl/α,β-unsaturated/α-hetero) is 1. The Kier molecular flexibility index (Phi) is 3.22. The smallest absolute Gasteiger partial charge is 0.136 e. The third-order valence-electron chi connectivity index (χ3n) is 9.34. The molecule has 0 radical (unpaired) electrons. The van der Waals surface area contributed by atoms with Gasteiger partial charge in [-0.1, -0.05) is 31.2 Å². The van der Waals surface area contributed by atoms with Gasteiger partial charge in [0.25, 0.3) is 0 Å². The Morgan fingerprint density at radius 1 is 1.20 bits per heavy atom. The molecule has 2 spiro atoms. The van der Waals surface area contributed by atoms with Crippen molar-refractivity contribution in [3.05, 3.63) is 47.7 Å². The van der Waals surface area contributed by atoms with E-state index >= 15 is 0 Å². The van der Waals surface area contributed by atoms with Crippen molar-refractivity contribution < 1.29 is 9.53 Å². The first kappa shape index (κ1) is 17.5. The van der Waals surface area contributed by atoms with Gasteiger partial charge >= 0.3 is 0 Å². The van der Waals surface area contributed by atoms with E-state index in [1.165, 1.54) is 29.6 Å². The van der Waals surface area contributed by atoms with E-state index in [4.69, 9.17) is 4.74 Å². The largest absolute Gasteiger partial charge is 0.363 e. The van der Waals surface area contributed by atoms with Crippen LogP contribution in [-0.2, 0) is 9.53 Å². The average molecular weight is 401 g/mol. The molecule has 1 aromatic carbocycles. The van der Waals surface area contributed by atoms with Crippen molar-refractivity contribution in [3.8, 4) is 0 Å². The van der Waals surface area contributed by atoms with Gasteiger partial charge < -0.3 is 4.74 Å². The van der Waals surface area contributed by atoms with Crippen LogP contribution in [0.5, 0.6) is 0 Å². The number of hydrogen-bond donors (Lipinski definition) is 1. The Bertz CT molecular complexity index is 1160. The summed E-state index contributed by atoms with van der Waals surface area (Å²) in [5.41, 5.74) is 5.11. The van der Waals surface area contributed by atoms with E-state index in [1.54, 1.807) is 0 Å². The van der Waals surface area contributed by atoms with Gasteiger partial charge in [-0.3, -0.25) is 9.89 Å². The summed E-state index contributed by atoms with van der Waals surface area (Å²) in [7, 11) is 0. The number of carbonyl (C=O) groups is 1. The van der Waals surface area contributed by atoms with Crippen LogP contribution < -0.4 is 0 Å². The summed E-state index contributed by atoms with van der Waals surface area (Å²) in [5, 5.41) is 8.49. The summed E-state index contributed by atoms with van der Waals surface area (Å²) < 4.78 is 7.13. The predicted octanol–water partition coefficient (Wildman–Crippen LogP) is 5.36. The Labute approximate surface area is 176 Å². The van der Waals surface area contributed by atoms with Gasteiger partial charge in [-0.2, -0.15) is 5.10 Å². The molecule has 0 amide bonds. The summed E-state index contributed by atoms with van der Waals surface area (Å²) in [6, 6.07) is 6.71. The Hall–Kier alpha value is -2.20. The van der Waals surface area contributed by atoms with Gasteiger partial charge in [-0.05, 0) is 66.7 Å². The quantitative estimate of drug-likeness (QED) is 0.655. The van der Waals surface area contributed by atoms with Crippen molar-refractivity contribution in [3.63, 3.8) is 0 Å². The van der Waals surface area contributed by atoms with Crippen molar-refractivity contribution in [1.82, 2.24) is 10.2 Å². The minimum atomic E-state index is -0.276. The van der Waals surface area contributed by atoms with Crippen molar-refractivity contribution in [2.45, 2.75) is 69.5 Å². The number of aromatic amines is 1. The zero-order valence-electron chi connectivity index (χ0n) is 17.5. The first-order valence-electron chi connectivity index (χ1n) is 11.6. The molecule has 7 rings (SSSR count). The lowest BCUT2D eigenvalue weighted by Gasteiger charge is -2.57. The molecule has 2 aromatic rings. The predicted molar refractivity (Wildman–Crippen MR) is 116 cm³/mol. The van der Waals surface area contributed by atoms with Gasteiger partial charge in [0.1, 0.15) is 5.78 Å². The molecular weight excluding hydrogens is 372 g/mol. The van der Waals surface area contributed by atoms with Gasteiger partial charge in [-0.15, -0.1) is 0 Å². The highest BCUT2D eigenvalue weighted by molar-refractivity contribution is 5.85. The zero-order chi connectivity index (χ0) is 20.1. The lowest BCUT2D eigenvalue weighted by Crippen LogP contribution is -2.57. The summed E-state index contributed by atoms with van der Waals surface area (Å²) in [4.78, 5) is 12.3. The number of H-pyrrole nitrogens is 1. The van der Waals surface area contributed by atoms with E-state index in [-0.39, 0.29) is 16.6 Å². The number of nitrogens with zero attached hydrogens (tertiary/aromatic N) is 1. The Morgan fingerprint density at radius 3 is 3.07 bits per heavy atom. The summed E-state index contributed by atoms with van der Waals surface area (Å²) >= 11 is 0. The molecule has 2 bridgehead atoms. The van der Waals surface area contributed by atoms with Crippen LogP contribution in [0.2, 0.25) is 0 Å². The molecule has 154 valence electrons. The van der Waals surface area contributed by atoms with Crippen molar-refractivity contribution in [2.75, 3.05) is 0 Å². The summed E-state index contributed by atoms with van der Waals surface area (Å²) in [6.07, 6.45) is 14.8. The number of carbonyl (C=O) groups excluding carboxylic acids is 1. The Balaban J connectivity index is 1.30. The van der Waals surface area contributed by atoms with Crippen LogP contribution in [0.4, 0.5) is 0 Å². The molecule has 3 heterocycles. The number of ether oxygens (including phenoxy) is 1. The van der Waals surface area contributed by atoms with E-state index in [1.807, 2.05) is 6.20 Å². The lowest BCUT2D eigenvalue weighted by atomic mass is 9.54. The molecule has 2 aliphatic heterocycles. The maximum atomic E-state index is 12.3. The van der Waals surface area contributed by atoms with Crippen LogP contribution >= 0.6 is 0 Å². The monoisotopic (exact) mass is 400 g/mol. The van der Waals surface area contributed by atoms with Gasteiger partial charge in [0.05, 0.1) is 22.9 Å². The standard InChI is InChI=1S/C26H28N2O2/c1-24-9-8-19-13-18-4-5-20(29)14-25(18)10-11-26(19,30-25)23(24)7-6-21(24)16-2-3-17-15-27-28-22(17)12-16/h2-3,6,12-13,15,19,23H,4-5,7-11,14H2,1H3,(H,27,28)/t19?,23-,24?,25-,26-/m1/s1. The average Bonchev–Trinajstić information content (AvgIpc) is 3.41. The molecule has 1 aromatic heterocycles. The Morgan fingerprint density at radius 2 is 2.13 bits per heavy atom. The third-order valence-corrected chi connectivity index (χ3v) is 9.34. The van der Waals surface area contributed by atoms with E-state index < -0.39 is 0 Å². The fourth-order valence-corrected chi connectivity index (χ4v) is 7.92. The highest BCUT2D eigenvalue weighted by atomic mass is 16.5. The first-order chi connectivity index (χ1) is 14.5. The second-order valence-corrected chi connectivity index (χ2v) is 10.6. The second kappa shape index (κ2) is 5.53. The molecule has 5 aliphatic rings. The number of rotatable bonds is 1. The molecule has 3 aliphatic carbocycles. The maximum Gasteiger partial charge on any atom is 0.136 e. The molecule has 30 heavy (non-hydrogen) atoms. The number of benzene rings is 1. The number of nitrogens with one attached hydrogen (secondary N) is 1.